The maximum absolute atomic E-state index is 13.0. The largest absolute Gasteiger partial charge is 0.497 e. The van der Waals surface area contributed by atoms with Gasteiger partial charge < -0.3 is 23.7 Å². The Hall–Kier alpha value is -3.62. The summed E-state index contributed by atoms with van der Waals surface area (Å²) in [7, 11) is 5.06. The van der Waals surface area contributed by atoms with Crippen LogP contribution in [0.1, 0.15) is 50.0 Å². The number of ether oxygens (including phenoxy) is 5. The zero-order chi connectivity index (χ0) is 22.9. The maximum Gasteiger partial charge on any atom is 0.339 e. The van der Waals surface area contributed by atoms with Crippen LogP contribution >= 0.6 is 0 Å². The van der Waals surface area contributed by atoms with Gasteiger partial charge in [0.1, 0.15) is 11.4 Å². The summed E-state index contributed by atoms with van der Waals surface area (Å²) in [5.74, 6) is -2.51. The molecule has 9 heteroatoms. The highest BCUT2D eigenvalue weighted by atomic mass is 16.6. The summed E-state index contributed by atoms with van der Waals surface area (Å²) < 4.78 is 25.3. The van der Waals surface area contributed by atoms with Gasteiger partial charge in [0.15, 0.2) is 0 Å². The van der Waals surface area contributed by atoms with E-state index in [1.807, 2.05) is 0 Å². The van der Waals surface area contributed by atoms with Gasteiger partial charge in [-0.3, -0.25) is 4.79 Å². The van der Waals surface area contributed by atoms with Crippen LogP contribution in [0.25, 0.3) is 10.8 Å². The van der Waals surface area contributed by atoms with E-state index in [1.54, 1.807) is 19.1 Å². The Morgan fingerprint density at radius 3 is 2.26 bits per heavy atom. The predicted octanol–water partition coefficient (Wildman–Crippen LogP) is 2.46. The second kappa shape index (κ2) is 8.25. The van der Waals surface area contributed by atoms with E-state index < -0.39 is 29.5 Å². The second-order valence-electron chi connectivity index (χ2n) is 7.31. The topological polar surface area (TPSA) is 114 Å². The molecular weight excluding hydrogens is 408 g/mol. The fraction of sp³-hybridized carbons (Fsp3) is 0.364. The number of hydrogen-bond donors (Lipinski definition) is 0. The van der Waals surface area contributed by atoms with E-state index in [1.165, 1.54) is 34.5 Å². The summed E-state index contributed by atoms with van der Waals surface area (Å²) in [5, 5.41) is 0.654. The maximum atomic E-state index is 13.0. The Morgan fingerprint density at radius 2 is 1.68 bits per heavy atom. The molecule has 0 aliphatic carbocycles. The van der Waals surface area contributed by atoms with Gasteiger partial charge in [-0.2, -0.15) is 0 Å². The molecule has 1 unspecified atom stereocenters. The van der Waals surface area contributed by atoms with E-state index in [2.05, 4.69) is 0 Å². The molecule has 0 radical (unpaired) electrons. The normalized spacial score (nSPS) is 17.4. The Morgan fingerprint density at radius 1 is 1.00 bits per heavy atom. The standard InChI is InChI=1S/C22H22O9/c1-22(10-15(23)28-3)9-12-6-11-7-13(27-2)8-14(19(24)29-4)16(11)18(20(25)30-5)17(12)21(26)31-22/h6-8H,9-10H2,1-5H3. The lowest BCUT2D eigenvalue weighted by Gasteiger charge is -2.34. The molecule has 0 N–H and O–H groups in total. The van der Waals surface area contributed by atoms with Crippen molar-refractivity contribution in [2.45, 2.75) is 25.4 Å². The van der Waals surface area contributed by atoms with Crippen LogP contribution < -0.4 is 4.74 Å². The van der Waals surface area contributed by atoms with Crippen molar-refractivity contribution in [2.75, 3.05) is 28.4 Å². The molecule has 2 aromatic rings. The molecule has 0 fully saturated rings. The molecule has 31 heavy (non-hydrogen) atoms. The van der Waals surface area contributed by atoms with Gasteiger partial charge in [0.2, 0.25) is 0 Å². The predicted molar refractivity (Wildman–Crippen MR) is 107 cm³/mol. The Bertz CT molecular complexity index is 1100. The quantitative estimate of drug-likeness (QED) is 0.521. The van der Waals surface area contributed by atoms with Gasteiger partial charge in [-0.15, -0.1) is 0 Å². The molecule has 3 rings (SSSR count). The lowest BCUT2D eigenvalue weighted by atomic mass is 9.82. The molecule has 0 amide bonds. The SMILES string of the molecule is COC(=O)CC1(C)Cc2cc3cc(OC)cc(C(=O)OC)c3c(C(=O)OC)c2C(=O)O1. The molecule has 9 nitrogen and oxygen atoms in total. The van der Waals surface area contributed by atoms with Crippen LogP contribution in [0.15, 0.2) is 18.2 Å². The molecule has 164 valence electrons. The third-order valence-electron chi connectivity index (χ3n) is 5.18. The van der Waals surface area contributed by atoms with E-state index >= 15 is 0 Å². The van der Waals surface area contributed by atoms with Crippen molar-refractivity contribution >= 4 is 34.6 Å². The third kappa shape index (κ3) is 3.90. The minimum absolute atomic E-state index is 0.0167. The lowest BCUT2D eigenvalue weighted by molar-refractivity contribution is -0.146. The number of hydrogen-bond acceptors (Lipinski definition) is 9. The number of cyclic esters (lactones) is 1. The Balaban J connectivity index is 2.36. The fourth-order valence-electron chi connectivity index (χ4n) is 3.83. The van der Waals surface area contributed by atoms with Crippen molar-refractivity contribution in [3.8, 4) is 5.75 Å². The summed E-state index contributed by atoms with van der Waals surface area (Å²) >= 11 is 0. The summed E-state index contributed by atoms with van der Waals surface area (Å²) in [5.41, 5.74) is -0.780. The second-order valence-corrected chi connectivity index (χ2v) is 7.31. The summed E-state index contributed by atoms with van der Waals surface area (Å²) in [6.45, 7) is 1.61. The van der Waals surface area contributed by atoms with Crippen molar-refractivity contribution in [1.82, 2.24) is 0 Å². The molecule has 2 aromatic carbocycles. The molecule has 1 aliphatic rings. The van der Waals surface area contributed by atoms with Crippen molar-refractivity contribution in [1.29, 1.82) is 0 Å². The number of carbonyl (C=O) groups excluding carboxylic acids is 4. The summed E-state index contributed by atoms with van der Waals surface area (Å²) in [4.78, 5) is 50.1. The molecule has 1 atom stereocenters. The highest BCUT2D eigenvalue weighted by Crippen LogP contribution is 2.39. The minimum atomic E-state index is -1.16. The Labute approximate surface area is 178 Å². The van der Waals surface area contributed by atoms with Gasteiger partial charge >= 0.3 is 23.9 Å². The summed E-state index contributed by atoms with van der Waals surface area (Å²) in [6.07, 6.45) is -0.0142. The van der Waals surface area contributed by atoms with Crippen LogP contribution in [-0.4, -0.2) is 57.9 Å². The molecule has 0 bridgehead atoms. The smallest absolute Gasteiger partial charge is 0.339 e. The third-order valence-corrected chi connectivity index (χ3v) is 5.18. The highest BCUT2D eigenvalue weighted by Gasteiger charge is 2.42. The van der Waals surface area contributed by atoms with Crippen molar-refractivity contribution in [2.24, 2.45) is 0 Å². The molecule has 0 aromatic heterocycles. The zero-order valence-corrected chi connectivity index (χ0v) is 17.8. The number of rotatable bonds is 5. The monoisotopic (exact) mass is 430 g/mol. The molecule has 0 saturated carbocycles. The molecular formula is C22H22O9. The van der Waals surface area contributed by atoms with Crippen molar-refractivity contribution < 1.29 is 42.9 Å². The fourth-order valence-corrected chi connectivity index (χ4v) is 3.83. The molecule has 1 heterocycles. The molecule has 0 spiro atoms. The van der Waals surface area contributed by atoms with Gasteiger partial charge in [0.05, 0.1) is 51.6 Å². The van der Waals surface area contributed by atoms with Crippen molar-refractivity contribution in [3.05, 3.63) is 40.5 Å². The van der Waals surface area contributed by atoms with Crippen LogP contribution in [0.4, 0.5) is 0 Å². The van der Waals surface area contributed by atoms with Crippen LogP contribution in [0, 0.1) is 0 Å². The van der Waals surface area contributed by atoms with E-state index in [4.69, 9.17) is 23.7 Å². The van der Waals surface area contributed by atoms with Gasteiger partial charge in [-0.1, -0.05) is 0 Å². The van der Waals surface area contributed by atoms with E-state index in [-0.39, 0.29) is 34.9 Å². The minimum Gasteiger partial charge on any atom is -0.497 e. The number of fused-ring (bicyclic) bond motifs is 2. The first-order valence-corrected chi connectivity index (χ1v) is 9.32. The van der Waals surface area contributed by atoms with E-state index in [0.29, 0.717) is 16.7 Å². The van der Waals surface area contributed by atoms with Gasteiger partial charge in [0, 0.05) is 11.8 Å². The first-order chi connectivity index (χ1) is 14.7. The number of esters is 4. The van der Waals surface area contributed by atoms with E-state index in [0.717, 1.165) is 0 Å². The average molecular weight is 430 g/mol. The van der Waals surface area contributed by atoms with E-state index in [9.17, 15) is 19.2 Å². The van der Waals surface area contributed by atoms with Crippen LogP contribution in [0.5, 0.6) is 5.75 Å². The molecule has 1 aliphatic heterocycles. The zero-order valence-electron chi connectivity index (χ0n) is 17.8. The first-order valence-electron chi connectivity index (χ1n) is 9.32. The number of carbonyl (C=O) groups is 4. The van der Waals surface area contributed by atoms with Crippen LogP contribution in [0.3, 0.4) is 0 Å². The van der Waals surface area contributed by atoms with Crippen LogP contribution in [-0.2, 0) is 30.2 Å². The van der Waals surface area contributed by atoms with Gasteiger partial charge in [-0.25, -0.2) is 14.4 Å². The summed E-state index contributed by atoms with van der Waals surface area (Å²) in [6, 6.07) is 4.72. The first kappa shape index (κ1) is 22.1. The highest BCUT2D eigenvalue weighted by molar-refractivity contribution is 6.19. The Kier molecular flexibility index (Phi) is 5.88. The van der Waals surface area contributed by atoms with Crippen LogP contribution in [0.2, 0.25) is 0 Å². The number of benzene rings is 2. The van der Waals surface area contributed by atoms with Gasteiger partial charge in [-0.05, 0) is 36.1 Å². The molecule has 0 saturated heterocycles. The van der Waals surface area contributed by atoms with Gasteiger partial charge in [0.25, 0.3) is 0 Å². The average Bonchev–Trinajstić information content (AvgIpc) is 2.74. The lowest BCUT2D eigenvalue weighted by Crippen LogP contribution is -2.41. The number of methoxy groups -OCH3 is 4. The van der Waals surface area contributed by atoms with Crippen molar-refractivity contribution in [3.63, 3.8) is 0 Å².